The molecular formula is C20H22N4O. The number of nitrogens with zero attached hydrogens (tertiary/aromatic N) is 3. The van der Waals surface area contributed by atoms with Crippen molar-refractivity contribution in [3.05, 3.63) is 53.0 Å². The van der Waals surface area contributed by atoms with Crippen LogP contribution in [0.5, 0.6) is 0 Å². The zero-order valence-electron chi connectivity index (χ0n) is 15.0. The van der Waals surface area contributed by atoms with Crippen molar-refractivity contribution < 1.29 is 4.79 Å². The maximum absolute atomic E-state index is 12.4. The Morgan fingerprint density at radius 3 is 2.76 bits per heavy atom. The summed E-state index contributed by atoms with van der Waals surface area (Å²) in [6.07, 6.45) is 5.89. The van der Waals surface area contributed by atoms with Gasteiger partial charge in [0.05, 0.1) is 23.9 Å². The Labute approximate surface area is 148 Å². The van der Waals surface area contributed by atoms with E-state index in [-0.39, 0.29) is 11.9 Å². The molecule has 0 aliphatic carbocycles. The Morgan fingerprint density at radius 1 is 1.32 bits per heavy atom. The van der Waals surface area contributed by atoms with Gasteiger partial charge < -0.3 is 10.2 Å². The number of terminal acetylenes is 1. The fourth-order valence-electron chi connectivity index (χ4n) is 3.12. The zero-order valence-corrected chi connectivity index (χ0v) is 15.0. The van der Waals surface area contributed by atoms with Gasteiger partial charge in [0.2, 0.25) is 5.91 Å². The van der Waals surface area contributed by atoms with Gasteiger partial charge in [0, 0.05) is 25.2 Å². The van der Waals surface area contributed by atoms with Crippen LogP contribution >= 0.6 is 0 Å². The summed E-state index contributed by atoms with van der Waals surface area (Å²) in [7, 11) is 3.70. The number of hydrogen-bond acceptors (Lipinski definition) is 3. The molecule has 1 aliphatic heterocycles. The molecule has 1 atom stereocenters. The van der Waals surface area contributed by atoms with Crippen LogP contribution in [0.25, 0.3) is 11.3 Å². The molecule has 5 heteroatoms. The van der Waals surface area contributed by atoms with Crippen LogP contribution in [-0.2, 0) is 11.8 Å². The number of nitrogens with one attached hydrogen (secondary N) is 1. The number of carbonyl (C=O) groups is 1. The van der Waals surface area contributed by atoms with Crippen molar-refractivity contribution in [3.63, 3.8) is 0 Å². The number of allylic oxidation sites excluding steroid dienone is 1. The van der Waals surface area contributed by atoms with E-state index in [0.717, 1.165) is 33.9 Å². The molecule has 1 aromatic carbocycles. The maximum atomic E-state index is 12.4. The van der Waals surface area contributed by atoms with E-state index in [4.69, 9.17) is 6.42 Å². The number of rotatable bonds is 2. The van der Waals surface area contributed by atoms with Crippen LogP contribution in [0.1, 0.15) is 37.6 Å². The standard InChI is InChI=1S/C20H22N4O/c1-6-14-8-7-9-15(10-14)16-11-18(24(5)22-16)17-12-19(25)23(4)20(21-17)13(2)3/h1,7-11,17,21H,12H2,2-5H3. The number of aromatic nitrogens is 2. The van der Waals surface area contributed by atoms with E-state index in [0.29, 0.717) is 6.42 Å². The molecule has 1 aliphatic rings. The first-order valence-electron chi connectivity index (χ1n) is 8.22. The molecule has 128 valence electrons. The maximum Gasteiger partial charge on any atom is 0.230 e. The van der Waals surface area contributed by atoms with Gasteiger partial charge in [0.1, 0.15) is 5.82 Å². The highest BCUT2D eigenvalue weighted by atomic mass is 16.2. The minimum absolute atomic E-state index is 0.0945. The van der Waals surface area contributed by atoms with Crippen LogP contribution in [-0.4, -0.2) is 27.6 Å². The third kappa shape index (κ3) is 3.16. The summed E-state index contributed by atoms with van der Waals surface area (Å²) in [5.41, 5.74) is 4.69. The average molecular weight is 334 g/mol. The second-order valence-corrected chi connectivity index (χ2v) is 6.51. The van der Waals surface area contributed by atoms with Gasteiger partial charge in [-0.05, 0) is 37.6 Å². The molecular weight excluding hydrogens is 312 g/mol. The zero-order chi connectivity index (χ0) is 18.1. The summed E-state index contributed by atoms with van der Waals surface area (Å²) in [6.45, 7) is 3.99. The van der Waals surface area contributed by atoms with Crippen LogP contribution in [0.3, 0.4) is 0 Å². The van der Waals surface area contributed by atoms with Crippen molar-refractivity contribution in [3.8, 4) is 23.6 Å². The molecule has 0 saturated carbocycles. The molecule has 2 aromatic rings. The van der Waals surface area contributed by atoms with Gasteiger partial charge >= 0.3 is 0 Å². The highest BCUT2D eigenvalue weighted by Gasteiger charge is 2.30. The van der Waals surface area contributed by atoms with Crippen molar-refractivity contribution in [1.29, 1.82) is 0 Å². The summed E-state index contributed by atoms with van der Waals surface area (Å²) < 4.78 is 1.83. The van der Waals surface area contributed by atoms with Gasteiger partial charge in [0.25, 0.3) is 0 Å². The lowest BCUT2D eigenvalue weighted by Crippen LogP contribution is -2.44. The van der Waals surface area contributed by atoms with Crippen LogP contribution in [0.15, 0.2) is 41.7 Å². The first kappa shape index (κ1) is 16.8. The lowest BCUT2D eigenvalue weighted by atomic mass is 10.0. The summed E-state index contributed by atoms with van der Waals surface area (Å²) in [5.74, 6) is 3.60. The quantitative estimate of drug-likeness (QED) is 0.859. The Hall–Kier alpha value is -3.00. The smallest absolute Gasteiger partial charge is 0.230 e. The van der Waals surface area contributed by atoms with E-state index in [9.17, 15) is 4.79 Å². The molecule has 1 unspecified atom stereocenters. The number of benzene rings is 1. The number of hydrogen-bond donors (Lipinski definition) is 1. The number of aryl methyl sites for hydroxylation is 1. The Morgan fingerprint density at radius 2 is 2.08 bits per heavy atom. The fourth-order valence-corrected chi connectivity index (χ4v) is 3.12. The number of carbonyl (C=O) groups excluding carboxylic acids is 1. The molecule has 2 heterocycles. The number of amides is 1. The third-order valence-electron chi connectivity index (χ3n) is 4.47. The summed E-state index contributed by atoms with van der Waals surface area (Å²) in [6, 6.07) is 9.68. The summed E-state index contributed by atoms with van der Waals surface area (Å²) in [4.78, 5) is 14.0. The molecule has 0 spiro atoms. The molecule has 3 rings (SSSR count). The second-order valence-electron chi connectivity index (χ2n) is 6.51. The first-order valence-corrected chi connectivity index (χ1v) is 8.22. The van der Waals surface area contributed by atoms with E-state index in [1.807, 2.05) is 55.9 Å². The molecule has 1 N–H and O–H groups in total. The van der Waals surface area contributed by atoms with E-state index in [1.54, 1.807) is 11.9 Å². The molecule has 0 bridgehead atoms. The van der Waals surface area contributed by atoms with Crippen molar-refractivity contribution in [1.82, 2.24) is 20.0 Å². The normalized spacial score (nSPS) is 17.2. The van der Waals surface area contributed by atoms with Crippen LogP contribution < -0.4 is 5.32 Å². The van der Waals surface area contributed by atoms with Crippen LogP contribution in [0, 0.1) is 12.3 Å². The molecule has 1 aromatic heterocycles. The van der Waals surface area contributed by atoms with E-state index >= 15 is 0 Å². The van der Waals surface area contributed by atoms with Gasteiger partial charge in [0.15, 0.2) is 0 Å². The Kier molecular flexibility index (Phi) is 4.37. The van der Waals surface area contributed by atoms with E-state index < -0.39 is 0 Å². The van der Waals surface area contributed by atoms with Crippen molar-refractivity contribution in [2.24, 2.45) is 7.05 Å². The lowest BCUT2D eigenvalue weighted by Gasteiger charge is -2.34. The van der Waals surface area contributed by atoms with Gasteiger partial charge in [-0.3, -0.25) is 9.48 Å². The SMILES string of the molecule is C#Cc1cccc(-c2cc(C3CC(=O)N(C)C(=C(C)C)N3)n(C)n2)c1. The van der Waals surface area contributed by atoms with Gasteiger partial charge in [-0.2, -0.15) is 5.10 Å². The molecule has 1 saturated heterocycles. The summed E-state index contributed by atoms with van der Waals surface area (Å²) in [5, 5.41) is 8.08. The molecule has 25 heavy (non-hydrogen) atoms. The molecule has 1 amide bonds. The fraction of sp³-hybridized carbons (Fsp3) is 0.300. The van der Waals surface area contributed by atoms with Crippen molar-refractivity contribution in [2.75, 3.05) is 7.05 Å². The largest absolute Gasteiger partial charge is 0.363 e. The van der Waals surface area contributed by atoms with Gasteiger partial charge in [-0.25, -0.2) is 0 Å². The van der Waals surface area contributed by atoms with E-state index in [2.05, 4.69) is 16.3 Å². The highest BCUT2D eigenvalue weighted by molar-refractivity contribution is 5.80. The third-order valence-corrected chi connectivity index (χ3v) is 4.47. The second kappa shape index (κ2) is 6.48. The van der Waals surface area contributed by atoms with Gasteiger partial charge in [-0.1, -0.05) is 18.1 Å². The minimum Gasteiger partial charge on any atom is -0.363 e. The monoisotopic (exact) mass is 334 g/mol. The average Bonchev–Trinajstić information content (AvgIpc) is 2.99. The molecule has 0 radical (unpaired) electrons. The highest BCUT2D eigenvalue weighted by Crippen LogP contribution is 2.29. The Balaban J connectivity index is 1.96. The molecule has 5 nitrogen and oxygen atoms in total. The predicted octanol–water partition coefficient (Wildman–Crippen LogP) is 2.81. The lowest BCUT2D eigenvalue weighted by molar-refractivity contribution is -0.130. The predicted molar refractivity (Wildman–Crippen MR) is 98.2 cm³/mol. The summed E-state index contributed by atoms with van der Waals surface area (Å²) >= 11 is 0. The van der Waals surface area contributed by atoms with Gasteiger partial charge in [-0.15, -0.1) is 6.42 Å². The Bertz CT molecular complexity index is 897. The first-order chi connectivity index (χ1) is 11.9. The topological polar surface area (TPSA) is 50.2 Å². The van der Waals surface area contributed by atoms with Crippen molar-refractivity contribution in [2.45, 2.75) is 26.3 Å². The van der Waals surface area contributed by atoms with Crippen LogP contribution in [0.4, 0.5) is 0 Å². The minimum atomic E-state index is -0.101. The van der Waals surface area contributed by atoms with Crippen LogP contribution in [0.2, 0.25) is 0 Å². The van der Waals surface area contributed by atoms with E-state index in [1.165, 1.54) is 0 Å². The van der Waals surface area contributed by atoms with Crippen molar-refractivity contribution >= 4 is 5.91 Å². The molecule has 1 fully saturated rings.